The molecule has 0 unspecified atom stereocenters. The highest BCUT2D eigenvalue weighted by atomic mass is 32.2. The van der Waals surface area contributed by atoms with Crippen LogP contribution in [0.3, 0.4) is 0 Å². The Labute approximate surface area is 143 Å². The monoisotopic (exact) mass is 361 g/mol. The minimum atomic E-state index is -3.98. The van der Waals surface area contributed by atoms with Crippen LogP contribution in [0.25, 0.3) is 11.0 Å². The molecule has 0 aliphatic carbocycles. The number of fused-ring (bicyclic) bond motifs is 1. The number of hydrogen-bond acceptors (Lipinski definition) is 6. The van der Waals surface area contributed by atoms with Crippen molar-refractivity contribution < 1.29 is 13.3 Å². The smallest absolute Gasteiger partial charge is 0.273 e. The van der Waals surface area contributed by atoms with E-state index in [-0.39, 0.29) is 16.3 Å². The molecule has 2 aromatic heterocycles. The zero-order chi connectivity index (χ0) is 18.4. The van der Waals surface area contributed by atoms with E-state index < -0.39 is 14.9 Å². The van der Waals surface area contributed by atoms with Crippen molar-refractivity contribution in [3.05, 3.63) is 51.8 Å². The van der Waals surface area contributed by atoms with Crippen LogP contribution in [0.1, 0.15) is 11.3 Å². The van der Waals surface area contributed by atoms with E-state index in [1.165, 1.54) is 18.3 Å². The molecule has 25 heavy (non-hydrogen) atoms. The summed E-state index contributed by atoms with van der Waals surface area (Å²) in [5, 5.41) is 16.0. The van der Waals surface area contributed by atoms with E-state index in [0.29, 0.717) is 11.2 Å². The molecule has 0 spiro atoms. The van der Waals surface area contributed by atoms with Crippen LogP contribution in [0, 0.1) is 24.0 Å². The molecule has 0 aliphatic heterocycles. The van der Waals surface area contributed by atoms with Crippen LogP contribution in [0.15, 0.2) is 35.4 Å². The van der Waals surface area contributed by atoms with E-state index in [1.54, 1.807) is 31.6 Å². The van der Waals surface area contributed by atoms with Gasteiger partial charge in [-0.25, -0.2) is 13.4 Å². The summed E-state index contributed by atoms with van der Waals surface area (Å²) >= 11 is 0. The number of nitrogens with zero attached hydrogens (tertiary/aromatic N) is 4. The third-order valence-corrected chi connectivity index (χ3v) is 5.18. The molecule has 10 heteroatoms. The highest BCUT2D eigenvalue weighted by molar-refractivity contribution is 7.92. The van der Waals surface area contributed by atoms with E-state index in [4.69, 9.17) is 0 Å². The summed E-state index contributed by atoms with van der Waals surface area (Å²) in [7, 11) is -2.23. The fourth-order valence-corrected chi connectivity index (χ4v) is 3.58. The van der Waals surface area contributed by atoms with Gasteiger partial charge in [-0.2, -0.15) is 5.10 Å². The molecular formula is C15H15N5O4S. The number of aromatic nitrogens is 3. The van der Waals surface area contributed by atoms with Crippen LogP contribution in [-0.2, 0) is 17.1 Å². The quantitative estimate of drug-likeness (QED) is 0.562. The van der Waals surface area contributed by atoms with Gasteiger partial charge < -0.3 is 0 Å². The SMILES string of the molecule is Cc1ccc(S(=O)(=O)Nc2cnc3c(c2)c(C)nn3C)cc1[N+](=O)[O-]. The van der Waals surface area contributed by atoms with Gasteiger partial charge >= 0.3 is 0 Å². The molecule has 0 fully saturated rings. The number of benzene rings is 1. The summed E-state index contributed by atoms with van der Waals surface area (Å²) in [5.74, 6) is 0. The topological polar surface area (TPSA) is 120 Å². The molecule has 0 atom stereocenters. The van der Waals surface area contributed by atoms with Crippen LogP contribution in [0.2, 0.25) is 0 Å². The number of anilines is 1. The second-order valence-electron chi connectivity index (χ2n) is 5.62. The lowest BCUT2D eigenvalue weighted by Crippen LogP contribution is -2.13. The molecule has 0 saturated heterocycles. The lowest BCUT2D eigenvalue weighted by atomic mass is 10.2. The number of nitrogens with one attached hydrogen (secondary N) is 1. The first kappa shape index (κ1) is 16.8. The van der Waals surface area contributed by atoms with Crippen LogP contribution in [0.5, 0.6) is 0 Å². The molecule has 0 bridgehead atoms. The Morgan fingerprint density at radius 3 is 2.64 bits per heavy atom. The van der Waals surface area contributed by atoms with Gasteiger partial charge in [-0.3, -0.25) is 19.5 Å². The van der Waals surface area contributed by atoms with Gasteiger partial charge in [0, 0.05) is 24.1 Å². The van der Waals surface area contributed by atoms with Gasteiger partial charge in [-0.15, -0.1) is 0 Å². The Morgan fingerprint density at radius 2 is 1.96 bits per heavy atom. The molecule has 1 N–H and O–H groups in total. The Balaban J connectivity index is 2.00. The van der Waals surface area contributed by atoms with E-state index in [2.05, 4.69) is 14.8 Å². The third-order valence-electron chi connectivity index (χ3n) is 3.80. The number of sulfonamides is 1. The van der Waals surface area contributed by atoms with Crippen LogP contribution < -0.4 is 4.72 Å². The number of pyridine rings is 1. The minimum absolute atomic E-state index is 0.187. The van der Waals surface area contributed by atoms with Crippen molar-refractivity contribution in [1.29, 1.82) is 0 Å². The van der Waals surface area contributed by atoms with Gasteiger partial charge in [0.1, 0.15) is 0 Å². The van der Waals surface area contributed by atoms with Crippen molar-refractivity contribution in [2.24, 2.45) is 7.05 Å². The zero-order valence-corrected chi connectivity index (χ0v) is 14.5. The number of nitro benzene ring substituents is 1. The first-order chi connectivity index (χ1) is 11.7. The lowest BCUT2D eigenvalue weighted by molar-refractivity contribution is -0.385. The van der Waals surface area contributed by atoms with E-state index in [0.717, 1.165) is 17.1 Å². The Kier molecular flexibility index (Phi) is 3.91. The molecule has 0 radical (unpaired) electrons. The maximum absolute atomic E-state index is 12.5. The summed E-state index contributed by atoms with van der Waals surface area (Å²) in [5.41, 5.74) is 1.74. The van der Waals surface area contributed by atoms with Gasteiger partial charge in [0.25, 0.3) is 15.7 Å². The molecule has 2 heterocycles. The maximum atomic E-state index is 12.5. The molecule has 0 aliphatic rings. The predicted octanol–water partition coefficient (Wildman–Crippen LogP) is 2.29. The van der Waals surface area contributed by atoms with E-state index in [9.17, 15) is 18.5 Å². The molecule has 130 valence electrons. The molecule has 3 rings (SSSR count). The van der Waals surface area contributed by atoms with Gasteiger partial charge in [-0.1, -0.05) is 6.07 Å². The molecule has 3 aromatic rings. The second-order valence-corrected chi connectivity index (χ2v) is 7.30. The zero-order valence-electron chi connectivity index (χ0n) is 13.7. The molecular weight excluding hydrogens is 346 g/mol. The van der Waals surface area contributed by atoms with Crippen molar-refractivity contribution in [2.45, 2.75) is 18.7 Å². The molecule has 9 nitrogen and oxygen atoms in total. The Bertz CT molecular complexity index is 1100. The molecule has 0 saturated carbocycles. The summed E-state index contributed by atoms with van der Waals surface area (Å²) < 4.78 is 29.1. The number of rotatable bonds is 4. The summed E-state index contributed by atoms with van der Waals surface area (Å²) in [6, 6.07) is 5.40. The van der Waals surface area contributed by atoms with Crippen LogP contribution in [0.4, 0.5) is 11.4 Å². The largest absolute Gasteiger partial charge is 0.278 e. The van der Waals surface area contributed by atoms with Gasteiger partial charge in [0.2, 0.25) is 0 Å². The van der Waals surface area contributed by atoms with Crippen molar-refractivity contribution in [2.75, 3.05) is 4.72 Å². The Hall–Kier alpha value is -3.01. The van der Waals surface area contributed by atoms with Gasteiger partial charge in [0.15, 0.2) is 5.65 Å². The fraction of sp³-hybridized carbons (Fsp3) is 0.200. The number of nitro groups is 1. The number of aryl methyl sites for hydroxylation is 3. The second kappa shape index (κ2) is 5.81. The highest BCUT2D eigenvalue weighted by Gasteiger charge is 2.20. The first-order valence-corrected chi connectivity index (χ1v) is 8.74. The maximum Gasteiger partial charge on any atom is 0.273 e. The average Bonchev–Trinajstić information content (AvgIpc) is 2.81. The third kappa shape index (κ3) is 3.03. The first-order valence-electron chi connectivity index (χ1n) is 7.26. The number of hydrogen-bond donors (Lipinski definition) is 1. The van der Waals surface area contributed by atoms with E-state index >= 15 is 0 Å². The van der Waals surface area contributed by atoms with Gasteiger partial charge in [0.05, 0.1) is 27.4 Å². The summed E-state index contributed by atoms with van der Waals surface area (Å²) in [4.78, 5) is 14.4. The van der Waals surface area contributed by atoms with Crippen molar-refractivity contribution in [3.8, 4) is 0 Å². The molecule has 1 aromatic carbocycles. The fourth-order valence-electron chi connectivity index (χ4n) is 2.53. The van der Waals surface area contributed by atoms with Crippen molar-refractivity contribution in [3.63, 3.8) is 0 Å². The normalized spacial score (nSPS) is 11.6. The van der Waals surface area contributed by atoms with Crippen LogP contribution in [-0.4, -0.2) is 28.1 Å². The highest BCUT2D eigenvalue weighted by Crippen LogP contribution is 2.25. The van der Waals surface area contributed by atoms with E-state index in [1.807, 2.05) is 0 Å². The van der Waals surface area contributed by atoms with Gasteiger partial charge in [-0.05, 0) is 26.0 Å². The molecule has 0 amide bonds. The lowest BCUT2D eigenvalue weighted by Gasteiger charge is -2.08. The van der Waals surface area contributed by atoms with Crippen molar-refractivity contribution in [1.82, 2.24) is 14.8 Å². The Morgan fingerprint density at radius 1 is 1.24 bits per heavy atom. The standard InChI is InChI=1S/C15H15N5O4S/c1-9-4-5-12(7-14(9)20(21)22)25(23,24)18-11-6-13-10(2)17-19(3)15(13)16-8-11/h4-8,18H,1-3H3. The summed E-state index contributed by atoms with van der Waals surface area (Å²) in [6.07, 6.45) is 1.38. The summed E-state index contributed by atoms with van der Waals surface area (Å²) in [6.45, 7) is 3.34. The predicted molar refractivity (Wildman–Crippen MR) is 91.9 cm³/mol. The average molecular weight is 361 g/mol. The van der Waals surface area contributed by atoms with Crippen molar-refractivity contribution >= 4 is 32.4 Å². The van der Waals surface area contributed by atoms with Crippen LogP contribution >= 0.6 is 0 Å². The minimum Gasteiger partial charge on any atom is -0.278 e.